The van der Waals surface area contributed by atoms with Crippen molar-refractivity contribution in [1.82, 2.24) is 24.2 Å². The molecule has 2 saturated heterocycles. The SMILES string of the molecule is Cc1c(C2CCCN(S(=O)(=O)c3ccccc3)C2)sc2c(N3CCOCC3)nc(-c3cnc(N)nc3)nc12. The zero-order chi connectivity index (χ0) is 26.3. The minimum atomic E-state index is -3.55. The van der Waals surface area contributed by atoms with Gasteiger partial charge < -0.3 is 15.4 Å². The Morgan fingerprint density at radius 3 is 2.53 bits per heavy atom. The molecule has 2 fully saturated rings. The molecule has 10 nitrogen and oxygen atoms in total. The maximum Gasteiger partial charge on any atom is 0.243 e. The van der Waals surface area contributed by atoms with E-state index in [-0.39, 0.29) is 11.9 Å². The van der Waals surface area contributed by atoms with Gasteiger partial charge in [-0.1, -0.05) is 18.2 Å². The Bertz CT molecular complexity index is 1550. The third-order valence-corrected chi connectivity index (χ3v) is 10.5. The Morgan fingerprint density at radius 2 is 1.79 bits per heavy atom. The van der Waals surface area contributed by atoms with Crippen molar-refractivity contribution in [3.63, 3.8) is 0 Å². The number of aromatic nitrogens is 4. The molecular weight excluding hydrogens is 522 g/mol. The van der Waals surface area contributed by atoms with E-state index in [9.17, 15) is 8.42 Å². The number of piperidine rings is 1. The van der Waals surface area contributed by atoms with E-state index in [0.717, 1.165) is 47.5 Å². The third kappa shape index (κ3) is 4.62. The number of hydrogen-bond acceptors (Lipinski definition) is 10. The number of rotatable bonds is 5. The van der Waals surface area contributed by atoms with Crippen LogP contribution in [0.15, 0.2) is 47.6 Å². The van der Waals surface area contributed by atoms with Crippen molar-refractivity contribution in [1.29, 1.82) is 0 Å². The number of thiophene rings is 1. The molecular formula is C26H29N7O3S2. The van der Waals surface area contributed by atoms with E-state index in [2.05, 4.69) is 21.8 Å². The molecule has 38 heavy (non-hydrogen) atoms. The lowest BCUT2D eigenvalue weighted by molar-refractivity contribution is 0.122. The van der Waals surface area contributed by atoms with Gasteiger partial charge in [0.1, 0.15) is 0 Å². The summed E-state index contributed by atoms with van der Waals surface area (Å²) in [7, 11) is -3.55. The number of morpholine rings is 1. The molecule has 12 heteroatoms. The topological polar surface area (TPSA) is 127 Å². The van der Waals surface area contributed by atoms with Gasteiger partial charge in [-0.05, 0) is 37.5 Å². The van der Waals surface area contributed by atoms with Gasteiger partial charge in [0, 0.05) is 49.4 Å². The minimum absolute atomic E-state index is 0.0854. The Balaban J connectivity index is 1.41. The number of anilines is 2. The monoisotopic (exact) mass is 551 g/mol. The summed E-state index contributed by atoms with van der Waals surface area (Å²) in [6.45, 7) is 5.81. The summed E-state index contributed by atoms with van der Waals surface area (Å²) >= 11 is 1.69. The number of aryl methyl sites for hydroxylation is 1. The Kier molecular flexibility index (Phi) is 6.72. The Labute approximate surface area is 225 Å². The summed E-state index contributed by atoms with van der Waals surface area (Å²) in [6.07, 6.45) is 5.01. The van der Waals surface area contributed by atoms with E-state index in [0.29, 0.717) is 42.6 Å². The van der Waals surface area contributed by atoms with E-state index in [1.807, 2.05) is 6.07 Å². The van der Waals surface area contributed by atoms with Gasteiger partial charge in [-0.3, -0.25) is 0 Å². The molecule has 1 aromatic carbocycles. The van der Waals surface area contributed by atoms with Crippen molar-refractivity contribution < 1.29 is 13.2 Å². The zero-order valence-corrected chi connectivity index (χ0v) is 22.7. The highest BCUT2D eigenvalue weighted by Gasteiger charge is 2.33. The minimum Gasteiger partial charge on any atom is -0.378 e. The van der Waals surface area contributed by atoms with Crippen molar-refractivity contribution in [3.8, 4) is 11.4 Å². The average Bonchev–Trinajstić information content (AvgIpc) is 3.30. The van der Waals surface area contributed by atoms with Gasteiger partial charge in [-0.2, -0.15) is 4.31 Å². The van der Waals surface area contributed by atoms with Crippen LogP contribution in [0.4, 0.5) is 11.8 Å². The predicted molar refractivity (Wildman–Crippen MR) is 148 cm³/mol. The van der Waals surface area contributed by atoms with Crippen LogP contribution in [0.3, 0.4) is 0 Å². The Hall–Kier alpha value is -3.19. The largest absolute Gasteiger partial charge is 0.378 e. The molecule has 2 aliphatic rings. The molecule has 2 N–H and O–H groups in total. The molecule has 1 unspecified atom stereocenters. The summed E-state index contributed by atoms with van der Waals surface area (Å²) < 4.78 is 35.0. The average molecular weight is 552 g/mol. The lowest BCUT2D eigenvalue weighted by atomic mass is 9.95. The van der Waals surface area contributed by atoms with Gasteiger partial charge in [-0.15, -0.1) is 11.3 Å². The van der Waals surface area contributed by atoms with Crippen molar-refractivity contribution in [2.75, 3.05) is 50.0 Å². The first-order chi connectivity index (χ1) is 18.4. The van der Waals surface area contributed by atoms with E-state index < -0.39 is 10.0 Å². The quantitative estimate of drug-likeness (QED) is 0.397. The van der Waals surface area contributed by atoms with Crippen molar-refractivity contribution >= 4 is 43.3 Å². The summed E-state index contributed by atoms with van der Waals surface area (Å²) in [5, 5.41) is 0. The van der Waals surface area contributed by atoms with Crippen LogP contribution in [0.25, 0.3) is 21.6 Å². The number of ether oxygens (including phenoxy) is 1. The highest BCUT2D eigenvalue weighted by Crippen LogP contribution is 2.43. The molecule has 0 aliphatic carbocycles. The fourth-order valence-corrected chi connectivity index (χ4v) is 8.10. The molecule has 3 aromatic heterocycles. The molecule has 0 amide bonds. The molecule has 1 atom stereocenters. The zero-order valence-electron chi connectivity index (χ0n) is 21.1. The highest BCUT2D eigenvalue weighted by atomic mass is 32.2. The standard InChI is InChI=1S/C26H29N7O3S2/c1-17-21-23(25(32-10-12-36-13-11-32)31-24(30-21)19-14-28-26(27)29-15-19)37-22(17)18-6-5-9-33(16-18)38(34,35)20-7-3-2-4-8-20/h2-4,7-8,14-15,18H,5-6,9-13,16H2,1H3,(H2,27,28,29). The second kappa shape index (κ2) is 10.2. The van der Waals surface area contributed by atoms with Crippen LogP contribution in [0, 0.1) is 6.92 Å². The van der Waals surface area contributed by atoms with Crippen molar-refractivity contribution in [2.45, 2.75) is 30.6 Å². The molecule has 198 valence electrons. The number of nitrogen functional groups attached to an aromatic ring is 1. The second-order valence-electron chi connectivity index (χ2n) is 9.58. The first kappa shape index (κ1) is 25.1. The van der Waals surface area contributed by atoms with E-state index >= 15 is 0 Å². The van der Waals surface area contributed by atoms with Crippen LogP contribution in [-0.2, 0) is 14.8 Å². The second-order valence-corrected chi connectivity index (χ2v) is 12.6. The van der Waals surface area contributed by atoms with Crippen molar-refractivity contribution in [3.05, 3.63) is 53.2 Å². The first-order valence-electron chi connectivity index (χ1n) is 12.7. The third-order valence-electron chi connectivity index (χ3n) is 7.16. The number of nitrogens with zero attached hydrogens (tertiary/aromatic N) is 6. The van der Waals surface area contributed by atoms with Crippen LogP contribution in [-0.4, -0.2) is 72.1 Å². The van der Waals surface area contributed by atoms with E-state index in [1.165, 1.54) is 4.88 Å². The lowest BCUT2D eigenvalue weighted by Gasteiger charge is -2.32. The van der Waals surface area contributed by atoms with Gasteiger partial charge in [0.15, 0.2) is 11.6 Å². The predicted octanol–water partition coefficient (Wildman–Crippen LogP) is 3.44. The van der Waals surface area contributed by atoms with Gasteiger partial charge >= 0.3 is 0 Å². The highest BCUT2D eigenvalue weighted by molar-refractivity contribution is 7.89. The molecule has 5 heterocycles. The lowest BCUT2D eigenvalue weighted by Crippen LogP contribution is -2.39. The molecule has 2 aliphatic heterocycles. The van der Waals surface area contributed by atoms with Crippen molar-refractivity contribution in [2.24, 2.45) is 0 Å². The molecule has 6 rings (SSSR count). The van der Waals surface area contributed by atoms with Crippen LogP contribution in [0.5, 0.6) is 0 Å². The maximum absolute atomic E-state index is 13.4. The fourth-order valence-electron chi connectivity index (χ4n) is 5.17. The normalized spacial score (nSPS) is 19.2. The molecule has 0 spiro atoms. The van der Waals surface area contributed by atoms with Crippen LogP contribution < -0.4 is 10.6 Å². The maximum atomic E-state index is 13.4. The smallest absolute Gasteiger partial charge is 0.243 e. The summed E-state index contributed by atoms with van der Waals surface area (Å²) in [5.74, 6) is 1.70. The van der Waals surface area contributed by atoms with E-state index in [1.54, 1.807) is 52.3 Å². The summed E-state index contributed by atoms with van der Waals surface area (Å²) in [5.41, 5.74) is 8.35. The van der Waals surface area contributed by atoms with Gasteiger partial charge in [-0.25, -0.2) is 28.4 Å². The van der Waals surface area contributed by atoms with Crippen LogP contribution in [0.2, 0.25) is 0 Å². The number of hydrogen-bond donors (Lipinski definition) is 1. The number of benzene rings is 1. The van der Waals surface area contributed by atoms with E-state index in [4.69, 9.17) is 20.4 Å². The van der Waals surface area contributed by atoms with Gasteiger partial charge in [0.05, 0.1) is 33.9 Å². The summed E-state index contributed by atoms with van der Waals surface area (Å²) in [4.78, 5) is 21.9. The van der Waals surface area contributed by atoms with Crippen LogP contribution >= 0.6 is 11.3 Å². The first-order valence-corrected chi connectivity index (χ1v) is 14.9. The summed E-state index contributed by atoms with van der Waals surface area (Å²) in [6, 6.07) is 8.68. The molecule has 0 bridgehead atoms. The fraction of sp³-hybridized carbons (Fsp3) is 0.385. The van der Waals surface area contributed by atoms with Crippen LogP contribution in [0.1, 0.15) is 29.2 Å². The number of nitrogens with two attached hydrogens (primary N) is 1. The Morgan fingerprint density at radius 1 is 1.05 bits per heavy atom. The number of fused-ring (bicyclic) bond motifs is 1. The number of sulfonamides is 1. The molecule has 0 radical (unpaired) electrons. The van der Waals surface area contributed by atoms with Gasteiger partial charge in [0.2, 0.25) is 16.0 Å². The molecule has 0 saturated carbocycles. The van der Waals surface area contributed by atoms with Gasteiger partial charge in [0.25, 0.3) is 0 Å². The molecule has 4 aromatic rings.